The van der Waals surface area contributed by atoms with Crippen LogP contribution in [0.3, 0.4) is 0 Å². The highest BCUT2D eigenvalue weighted by Crippen LogP contribution is 2.23. The zero-order valence-electron chi connectivity index (χ0n) is 10.2. The Bertz CT molecular complexity index is 395. The van der Waals surface area contributed by atoms with Crippen LogP contribution in [0.4, 0.5) is 5.69 Å². The van der Waals surface area contributed by atoms with Crippen LogP contribution in [0.2, 0.25) is 0 Å². The number of benzene rings is 1. The molecule has 0 aliphatic rings. The molecular weight excluding hydrogens is 282 g/mol. The standard InChI is InChI=1S/C12H18BrN3O/c1-3-15-12(17)8-16(2)11-5-4-10(13)6-9(11)7-14/h4-6H,3,7-8,14H2,1-2H3,(H,15,17). The van der Waals surface area contributed by atoms with E-state index in [2.05, 4.69) is 21.2 Å². The number of nitrogens with two attached hydrogens (primary N) is 1. The second kappa shape index (κ2) is 6.61. The number of rotatable bonds is 5. The summed E-state index contributed by atoms with van der Waals surface area (Å²) in [7, 11) is 1.89. The average molecular weight is 300 g/mol. The molecule has 0 saturated carbocycles. The third-order valence-corrected chi connectivity index (χ3v) is 2.92. The zero-order valence-corrected chi connectivity index (χ0v) is 11.8. The number of halogens is 1. The van der Waals surface area contributed by atoms with Gasteiger partial charge >= 0.3 is 0 Å². The van der Waals surface area contributed by atoms with E-state index in [9.17, 15) is 4.79 Å². The molecule has 0 heterocycles. The Morgan fingerprint density at radius 2 is 2.24 bits per heavy atom. The van der Waals surface area contributed by atoms with Gasteiger partial charge in [-0.15, -0.1) is 0 Å². The van der Waals surface area contributed by atoms with Crippen LogP contribution in [0.15, 0.2) is 22.7 Å². The van der Waals surface area contributed by atoms with Gasteiger partial charge in [-0.2, -0.15) is 0 Å². The van der Waals surface area contributed by atoms with E-state index in [1.165, 1.54) is 0 Å². The number of nitrogens with one attached hydrogen (secondary N) is 1. The van der Waals surface area contributed by atoms with Crippen LogP contribution in [0.5, 0.6) is 0 Å². The van der Waals surface area contributed by atoms with Crippen molar-refractivity contribution in [1.29, 1.82) is 0 Å². The molecule has 0 spiro atoms. The lowest BCUT2D eigenvalue weighted by atomic mass is 10.1. The van der Waals surface area contributed by atoms with Gasteiger partial charge in [-0.3, -0.25) is 4.79 Å². The Morgan fingerprint density at radius 1 is 1.53 bits per heavy atom. The van der Waals surface area contributed by atoms with Gasteiger partial charge < -0.3 is 16.0 Å². The Balaban J connectivity index is 2.81. The first-order valence-corrected chi connectivity index (χ1v) is 6.34. The van der Waals surface area contributed by atoms with Crippen molar-refractivity contribution in [3.63, 3.8) is 0 Å². The lowest BCUT2D eigenvalue weighted by Gasteiger charge is -2.21. The number of nitrogens with zero attached hydrogens (tertiary/aromatic N) is 1. The largest absolute Gasteiger partial charge is 0.365 e. The molecule has 0 aliphatic heterocycles. The van der Waals surface area contributed by atoms with Gasteiger partial charge in [-0.25, -0.2) is 0 Å². The number of anilines is 1. The van der Waals surface area contributed by atoms with Gasteiger partial charge in [0.05, 0.1) is 6.54 Å². The fraction of sp³-hybridized carbons (Fsp3) is 0.417. The van der Waals surface area contributed by atoms with Crippen LogP contribution in [0.25, 0.3) is 0 Å². The SMILES string of the molecule is CCNC(=O)CN(C)c1ccc(Br)cc1CN. The fourth-order valence-electron chi connectivity index (χ4n) is 1.64. The van der Waals surface area contributed by atoms with Gasteiger partial charge in [0.25, 0.3) is 0 Å². The fourth-order valence-corrected chi connectivity index (χ4v) is 2.05. The van der Waals surface area contributed by atoms with Crippen molar-refractivity contribution in [2.75, 3.05) is 25.0 Å². The molecule has 0 aromatic heterocycles. The van der Waals surface area contributed by atoms with E-state index in [1.54, 1.807) is 0 Å². The smallest absolute Gasteiger partial charge is 0.239 e. The van der Waals surface area contributed by atoms with Crippen LogP contribution in [-0.4, -0.2) is 26.0 Å². The molecule has 1 amide bonds. The zero-order chi connectivity index (χ0) is 12.8. The van der Waals surface area contributed by atoms with Gasteiger partial charge in [0.1, 0.15) is 0 Å². The minimum Gasteiger partial charge on any atom is -0.365 e. The van der Waals surface area contributed by atoms with E-state index >= 15 is 0 Å². The molecular formula is C12H18BrN3O. The third kappa shape index (κ3) is 4.02. The maximum Gasteiger partial charge on any atom is 0.239 e. The van der Waals surface area contributed by atoms with E-state index < -0.39 is 0 Å². The molecule has 94 valence electrons. The van der Waals surface area contributed by atoms with Crippen LogP contribution < -0.4 is 16.0 Å². The summed E-state index contributed by atoms with van der Waals surface area (Å²) in [5, 5.41) is 2.77. The molecule has 0 radical (unpaired) electrons. The van der Waals surface area contributed by atoms with Crippen LogP contribution in [0.1, 0.15) is 12.5 Å². The summed E-state index contributed by atoms with van der Waals surface area (Å²) in [4.78, 5) is 13.4. The molecule has 0 saturated heterocycles. The Labute approximate surface area is 110 Å². The van der Waals surface area contributed by atoms with Crippen molar-refractivity contribution in [1.82, 2.24) is 5.32 Å². The molecule has 3 N–H and O–H groups in total. The normalized spacial score (nSPS) is 10.1. The first-order chi connectivity index (χ1) is 8.08. The summed E-state index contributed by atoms with van der Waals surface area (Å²) in [6.45, 7) is 3.34. The Morgan fingerprint density at radius 3 is 2.82 bits per heavy atom. The van der Waals surface area contributed by atoms with E-state index in [0.717, 1.165) is 15.7 Å². The number of hydrogen-bond acceptors (Lipinski definition) is 3. The number of carbonyl (C=O) groups is 1. The number of likely N-dealkylation sites (N-methyl/N-ethyl adjacent to an activating group) is 2. The molecule has 0 aliphatic carbocycles. The van der Waals surface area contributed by atoms with Crippen LogP contribution >= 0.6 is 15.9 Å². The van der Waals surface area contributed by atoms with E-state index in [0.29, 0.717) is 19.6 Å². The second-order valence-electron chi connectivity index (χ2n) is 3.79. The van der Waals surface area contributed by atoms with Crippen molar-refractivity contribution in [3.05, 3.63) is 28.2 Å². The van der Waals surface area contributed by atoms with Gasteiger partial charge in [-0.1, -0.05) is 15.9 Å². The predicted octanol–water partition coefficient (Wildman–Crippen LogP) is 1.48. The topological polar surface area (TPSA) is 58.4 Å². The maximum absolute atomic E-state index is 11.5. The van der Waals surface area contributed by atoms with Crippen molar-refractivity contribution in [2.24, 2.45) is 5.73 Å². The highest BCUT2D eigenvalue weighted by molar-refractivity contribution is 9.10. The van der Waals surface area contributed by atoms with Crippen LogP contribution in [0, 0.1) is 0 Å². The van der Waals surface area contributed by atoms with Gasteiger partial charge in [0.15, 0.2) is 0 Å². The average Bonchev–Trinajstić information content (AvgIpc) is 2.28. The summed E-state index contributed by atoms with van der Waals surface area (Å²) < 4.78 is 0.994. The Hall–Kier alpha value is -1.07. The summed E-state index contributed by atoms with van der Waals surface area (Å²) in [6, 6.07) is 5.89. The molecule has 0 fully saturated rings. The van der Waals surface area contributed by atoms with Crippen molar-refractivity contribution >= 4 is 27.5 Å². The summed E-state index contributed by atoms with van der Waals surface area (Å²) in [5.41, 5.74) is 7.71. The van der Waals surface area contributed by atoms with Crippen LogP contribution in [-0.2, 0) is 11.3 Å². The van der Waals surface area contributed by atoms with E-state index in [4.69, 9.17) is 5.73 Å². The van der Waals surface area contributed by atoms with Gasteiger partial charge in [0, 0.05) is 30.3 Å². The highest BCUT2D eigenvalue weighted by Gasteiger charge is 2.10. The Kier molecular flexibility index (Phi) is 5.44. The predicted molar refractivity (Wildman–Crippen MR) is 74.0 cm³/mol. The molecule has 0 atom stereocenters. The molecule has 17 heavy (non-hydrogen) atoms. The number of hydrogen-bond donors (Lipinski definition) is 2. The first-order valence-electron chi connectivity index (χ1n) is 5.54. The molecule has 1 aromatic rings. The lowest BCUT2D eigenvalue weighted by molar-refractivity contribution is -0.119. The molecule has 0 unspecified atom stereocenters. The molecule has 1 aromatic carbocycles. The molecule has 0 bridgehead atoms. The maximum atomic E-state index is 11.5. The van der Waals surface area contributed by atoms with Crippen molar-refractivity contribution in [2.45, 2.75) is 13.5 Å². The quantitative estimate of drug-likeness (QED) is 0.866. The minimum atomic E-state index is 0.0147. The highest BCUT2D eigenvalue weighted by atomic mass is 79.9. The lowest BCUT2D eigenvalue weighted by Crippen LogP contribution is -2.35. The summed E-state index contributed by atoms with van der Waals surface area (Å²) in [6.07, 6.45) is 0. The molecule has 5 heteroatoms. The summed E-state index contributed by atoms with van der Waals surface area (Å²) in [5.74, 6) is 0.0147. The first kappa shape index (κ1) is 14.0. The minimum absolute atomic E-state index is 0.0147. The van der Waals surface area contributed by atoms with Gasteiger partial charge in [0.2, 0.25) is 5.91 Å². The molecule has 4 nitrogen and oxygen atoms in total. The third-order valence-electron chi connectivity index (χ3n) is 2.43. The van der Waals surface area contributed by atoms with Crippen molar-refractivity contribution in [3.8, 4) is 0 Å². The van der Waals surface area contributed by atoms with Gasteiger partial charge in [-0.05, 0) is 30.7 Å². The molecule has 1 rings (SSSR count). The van der Waals surface area contributed by atoms with Crippen molar-refractivity contribution < 1.29 is 4.79 Å². The van der Waals surface area contributed by atoms with E-state index in [1.807, 2.05) is 37.1 Å². The number of amides is 1. The monoisotopic (exact) mass is 299 g/mol. The second-order valence-corrected chi connectivity index (χ2v) is 4.70. The number of carbonyl (C=O) groups excluding carboxylic acids is 1. The summed E-state index contributed by atoms with van der Waals surface area (Å²) >= 11 is 3.41. The van der Waals surface area contributed by atoms with E-state index in [-0.39, 0.29) is 5.91 Å².